The van der Waals surface area contributed by atoms with E-state index in [0.717, 1.165) is 16.4 Å². The highest BCUT2D eigenvalue weighted by atomic mass is 35.5. The molecular formula is C11H9ClN6S. The molecule has 3 rings (SSSR count). The number of nitrogens with one attached hydrogen (secondary N) is 1. The summed E-state index contributed by atoms with van der Waals surface area (Å²) in [6.45, 7) is 0.654. The number of tetrazole rings is 1. The Morgan fingerprint density at radius 1 is 1.26 bits per heavy atom. The molecule has 0 aliphatic carbocycles. The average molecular weight is 293 g/mol. The Hall–Kier alpha value is -1.99. The predicted molar refractivity (Wildman–Crippen MR) is 73.6 cm³/mol. The minimum absolute atomic E-state index is 0.654. The zero-order valence-electron chi connectivity index (χ0n) is 9.69. The lowest BCUT2D eigenvalue weighted by Crippen LogP contribution is -1.99. The third-order valence-corrected chi connectivity index (χ3v) is 3.56. The van der Waals surface area contributed by atoms with E-state index in [2.05, 4.69) is 25.8 Å². The maximum absolute atomic E-state index is 5.83. The van der Waals surface area contributed by atoms with Crippen molar-refractivity contribution in [2.24, 2.45) is 0 Å². The second kappa shape index (κ2) is 5.33. The number of nitrogens with zero attached hydrogens (tertiary/aromatic N) is 5. The van der Waals surface area contributed by atoms with Crippen molar-refractivity contribution >= 4 is 28.6 Å². The standard InChI is InChI=1S/C11H9ClN6S/c12-10-5-14-11(19-10)6-13-8-1-3-9(4-2-8)18-7-15-16-17-18/h1-5,7,13H,6H2. The molecular weight excluding hydrogens is 284 g/mol. The van der Waals surface area contributed by atoms with Gasteiger partial charge in [0.25, 0.3) is 0 Å². The number of anilines is 1. The Labute approximate surface area is 118 Å². The highest BCUT2D eigenvalue weighted by molar-refractivity contribution is 7.15. The third-order valence-electron chi connectivity index (χ3n) is 2.45. The Kier molecular flexibility index (Phi) is 3.39. The van der Waals surface area contributed by atoms with Crippen LogP contribution in [0.4, 0.5) is 5.69 Å². The molecule has 0 spiro atoms. The van der Waals surface area contributed by atoms with Crippen molar-refractivity contribution in [1.82, 2.24) is 25.2 Å². The lowest BCUT2D eigenvalue weighted by molar-refractivity contribution is 0.789. The van der Waals surface area contributed by atoms with Crippen molar-refractivity contribution < 1.29 is 0 Å². The first-order valence-corrected chi connectivity index (χ1v) is 6.68. The van der Waals surface area contributed by atoms with Crippen LogP contribution in [0.5, 0.6) is 0 Å². The summed E-state index contributed by atoms with van der Waals surface area (Å²) in [4.78, 5) is 4.18. The fourth-order valence-electron chi connectivity index (χ4n) is 1.56. The van der Waals surface area contributed by atoms with Crippen molar-refractivity contribution in [3.8, 4) is 5.69 Å². The number of aromatic nitrogens is 5. The Morgan fingerprint density at radius 2 is 2.11 bits per heavy atom. The number of thiazole rings is 1. The molecule has 1 aromatic carbocycles. The lowest BCUT2D eigenvalue weighted by atomic mass is 10.3. The summed E-state index contributed by atoms with van der Waals surface area (Å²) in [7, 11) is 0. The Balaban J connectivity index is 1.66. The molecule has 96 valence electrons. The van der Waals surface area contributed by atoms with Gasteiger partial charge >= 0.3 is 0 Å². The lowest BCUT2D eigenvalue weighted by Gasteiger charge is -2.05. The molecule has 2 heterocycles. The first kappa shape index (κ1) is 12.1. The monoisotopic (exact) mass is 292 g/mol. The van der Waals surface area contributed by atoms with Crippen LogP contribution in [0.2, 0.25) is 4.34 Å². The summed E-state index contributed by atoms with van der Waals surface area (Å²) in [5.74, 6) is 0. The molecule has 0 saturated heterocycles. The van der Waals surface area contributed by atoms with Gasteiger partial charge < -0.3 is 5.32 Å². The van der Waals surface area contributed by atoms with Crippen molar-refractivity contribution in [1.29, 1.82) is 0 Å². The molecule has 19 heavy (non-hydrogen) atoms. The molecule has 8 heteroatoms. The number of hydrogen-bond donors (Lipinski definition) is 1. The number of rotatable bonds is 4. The summed E-state index contributed by atoms with van der Waals surface area (Å²) in [6, 6.07) is 7.81. The van der Waals surface area contributed by atoms with Crippen molar-refractivity contribution in [2.45, 2.75) is 6.54 Å². The quantitative estimate of drug-likeness (QED) is 0.799. The maximum atomic E-state index is 5.83. The van der Waals surface area contributed by atoms with E-state index in [0.29, 0.717) is 10.9 Å². The molecule has 0 unspecified atom stereocenters. The van der Waals surface area contributed by atoms with Gasteiger partial charge in [-0.15, -0.1) is 16.4 Å². The van der Waals surface area contributed by atoms with Gasteiger partial charge in [0.1, 0.15) is 15.7 Å². The van der Waals surface area contributed by atoms with Crippen LogP contribution in [0.3, 0.4) is 0 Å². The van der Waals surface area contributed by atoms with Crippen LogP contribution in [0.25, 0.3) is 5.69 Å². The average Bonchev–Trinajstić information content (AvgIpc) is 3.08. The predicted octanol–water partition coefficient (Wildman–Crippen LogP) is 2.38. The fourth-order valence-corrected chi connectivity index (χ4v) is 2.46. The van der Waals surface area contributed by atoms with Crippen LogP contribution in [0.15, 0.2) is 36.8 Å². The minimum atomic E-state index is 0.654. The molecule has 0 fully saturated rings. The van der Waals surface area contributed by atoms with Gasteiger partial charge in [0.2, 0.25) is 0 Å². The SMILES string of the molecule is Clc1cnc(CNc2ccc(-n3cnnn3)cc2)s1. The first-order valence-electron chi connectivity index (χ1n) is 5.49. The largest absolute Gasteiger partial charge is 0.379 e. The second-order valence-corrected chi connectivity index (χ2v) is 5.46. The molecule has 0 bridgehead atoms. The Morgan fingerprint density at radius 3 is 2.74 bits per heavy atom. The number of hydrogen-bond acceptors (Lipinski definition) is 6. The van der Waals surface area contributed by atoms with Crippen LogP contribution in [-0.2, 0) is 6.54 Å². The van der Waals surface area contributed by atoms with E-state index in [1.807, 2.05) is 24.3 Å². The maximum Gasteiger partial charge on any atom is 0.143 e. The third kappa shape index (κ3) is 2.88. The van der Waals surface area contributed by atoms with E-state index >= 15 is 0 Å². The topological polar surface area (TPSA) is 68.5 Å². The van der Waals surface area contributed by atoms with E-state index in [9.17, 15) is 0 Å². The van der Waals surface area contributed by atoms with Gasteiger partial charge in [-0.3, -0.25) is 0 Å². The molecule has 0 aliphatic rings. The Bertz CT molecular complexity index is 648. The second-order valence-electron chi connectivity index (χ2n) is 3.71. The number of halogens is 1. The van der Waals surface area contributed by atoms with Crippen LogP contribution in [0, 0.1) is 0 Å². The van der Waals surface area contributed by atoms with Gasteiger partial charge in [-0.2, -0.15) is 0 Å². The highest BCUT2D eigenvalue weighted by Crippen LogP contribution is 2.19. The van der Waals surface area contributed by atoms with E-state index in [-0.39, 0.29) is 0 Å². The molecule has 0 radical (unpaired) electrons. The molecule has 0 amide bonds. The van der Waals surface area contributed by atoms with Crippen LogP contribution in [-0.4, -0.2) is 25.2 Å². The zero-order valence-corrected chi connectivity index (χ0v) is 11.3. The summed E-state index contributed by atoms with van der Waals surface area (Å²) in [5, 5.41) is 15.2. The molecule has 6 nitrogen and oxygen atoms in total. The van der Waals surface area contributed by atoms with Gasteiger partial charge in [-0.05, 0) is 34.7 Å². The molecule has 1 N–H and O–H groups in total. The molecule has 0 atom stereocenters. The highest BCUT2D eigenvalue weighted by Gasteiger charge is 2.01. The van der Waals surface area contributed by atoms with Crippen LogP contribution < -0.4 is 5.32 Å². The van der Waals surface area contributed by atoms with E-state index < -0.39 is 0 Å². The van der Waals surface area contributed by atoms with Gasteiger partial charge in [0.05, 0.1) is 18.4 Å². The van der Waals surface area contributed by atoms with E-state index in [1.54, 1.807) is 17.2 Å². The molecule has 0 saturated carbocycles. The molecule has 3 aromatic rings. The molecule has 0 aliphatic heterocycles. The fraction of sp³-hybridized carbons (Fsp3) is 0.0909. The summed E-state index contributed by atoms with van der Waals surface area (Å²) >= 11 is 7.30. The van der Waals surface area contributed by atoms with Gasteiger partial charge in [-0.25, -0.2) is 9.67 Å². The van der Waals surface area contributed by atoms with Crippen LogP contribution >= 0.6 is 22.9 Å². The summed E-state index contributed by atoms with van der Waals surface area (Å²) < 4.78 is 2.30. The van der Waals surface area contributed by atoms with E-state index in [1.165, 1.54) is 11.3 Å². The van der Waals surface area contributed by atoms with Crippen molar-refractivity contribution in [3.05, 3.63) is 46.1 Å². The van der Waals surface area contributed by atoms with Gasteiger partial charge in [-0.1, -0.05) is 11.6 Å². The van der Waals surface area contributed by atoms with Crippen molar-refractivity contribution in [2.75, 3.05) is 5.32 Å². The first-order chi connectivity index (χ1) is 9.31. The zero-order chi connectivity index (χ0) is 13.1. The summed E-state index contributed by atoms with van der Waals surface area (Å²) in [5.41, 5.74) is 1.91. The van der Waals surface area contributed by atoms with Gasteiger partial charge in [0.15, 0.2) is 0 Å². The van der Waals surface area contributed by atoms with Gasteiger partial charge in [0, 0.05) is 5.69 Å². The summed E-state index contributed by atoms with van der Waals surface area (Å²) in [6.07, 6.45) is 3.21. The smallest absolute Gasteiger partial charge is 0.143 e. The normalized spacial score (nSPS) is 10.6. The van der Waals surface area contributed by atoms with E-state index in [4.69, 9.17) is 11.6 Å². The minimum Gasteiger partial charge on any atom is -0.379 e. The van der Waals surface area contributed by atoms with Crippen LogP contribution in [0.1, 0.15) is 5.01 Å². The molecule has 2 aromatic heterocycles. The number of benzene rings is 1. The van der Waals surface area contributed by atoms with Crippen molar-refractivity contribution in [3.63, 3.8) is 0 Å².